The van der Waals surface area contributed by atoms with Gasteiger partial charge in [0.1, 0.15) is 18.1 Å². The molecule has 2 N–H and O–H groups in total. The molecule has 144 valence electrons. The van der Waals surface area contributed by atoms with Crippen molar-refractivity contribution in [2.75, 3.05) is 12.8 Å². The van der Waals surface area contributed by atoms with Crippen molar-refractivity contribution in [2.24, 2.45) is 5.10 Å². The van der Waals surface area contributed by atoms with E-state index in [0.717, 1.165) is 34.7 Å². The summed E-state index contributed by atoms with van der Waals surface area (Å²) >= 11 is 0. The molecule has 0 saturated heterocycles. The highest BCUT2D eigenvalue weighted by molar-refractivity contribution is 5.80. The molecule has 6 nitrogen and oxygen atoms in total. The fraction of sp³-hybridized carbons (Fsp3) is 0.273. The monoisotopic (exact) mass is 376 g/mol. The molecule has 0 amide bonds. The van der Waals surface area contributed by atoms with E-state index in [1.165, 1.54) is 24.0 Å². The quantitative estimate of drug-likeness (QED) is 0.665. The smallest absolute Gasteiger partial charge is 0.221 e. The van der Waals surface area contributed by atoms with Gasteiger partial charge in [-0.3, -0.25) is 0 Å². The molecule has 1 aliphatic rings. The van der Waals surface area contributed by atoms with Crippen molar-refractivity contribution >= 4 is 12.2 Å². The fourth-order valence-corrected chi connectivity index (χ4v) is 3.52. The van der Waals surface area contributed by atoms with E-state index in [-0.39, 0.29) is 0 Å². The highest BCUT2D eigenvalue weighted by Gasteiger charge is 2.12. The summed E-state index contributed by atoms with van der Waals surface area (Å²) in [6.45, 7) is 2.31. The Morgan fingerprint density at radius 2 is 2.04 bits per heavy atom. The van der Waals surface area contributed by atoms with Crippen LogP contribution >= 0.6 is 0 Å². The van der Waals surface area contributed by atoms with Crippen LogP contribution in [0.15, 0.2) is 47.7 Å². The second-order valence-electron chi connectivity index (χ2n) is 6.97. The molecule has 0 unspecified atom stereocenters. The van der Waals surface area contributed by atoms with E-state index < -0.39 is 0 Å². The minimum Gasteiger partial charge on any atom is -0.496 e. The topological polar surface area (TPSA) is 74.7 Å². The van der Waals surface area contributed by atoms with E-state index in [2.05, 4.69) is 22.2 Å². The van der Waals surface area contributed by atoms with Crippen LogP contribution < -0.4 is 15.2 Å². The van der Waals surface area contributed by atoms with Crippen LogP contribution in [0.3, 0.4) is 0 Å². The molecule has 6 heteroatoms. The lowest BCUT2D eigenvalue weighted by molar-refractivity contribution is 0.296. The maximum Gasteiger partial charge on any atom is 0.221 e. The molecule has 0 bridgehead atoms. The number of imidazole rings is 1. The zero-order valence-corrected chi connectivity index (χ0v) is 16.2. The van der Waals surface area contributed by atoms with Crippen molar-refractivity contribution < 1.29 is 9.47 Å². The number of ether oxygens (including phenoxy) is 2. The molecule has 1 heterocycles. The predicted octanol–water partition coefficient (Wildman–Crippen LogP) is 3.73. The summed E-state index contributed by atoms with van der Waals surface area (Å²) < 4.78 is 13.1. The Hall–Kier alpha value is -3.28. The van der Waals surface area contributed by atoms with E-state index in [0.29, 0.717) is 12.6 Å². The number of nitrogen functional groups attached to an aromatic ring is 1. The second-order valence-corrected chi connectivity index (χ2v) is 6.97. The molecule has 0 spiro atoms. The highest BCUT2D eigenvalue weighted by Crippen LogP contribution is 2.27. The lowest BCUT2D eigenvalue weighted by Crippen LogP contribution is -2.01. The van der Waals surface area contributed by atoms with Gasteiger partial charge >= 0.3 is 0 Å². The number of hydrogen-bond donors (Lipinski definition) is 1. The van der Waals surface area contributed by atoms with E-state index in [4.69, 9.17) is 15.2 Å². The first-order valence-electron chi connectivity index (χ1n) is 9.40. The van der Waals surface area contributed by atoms with Gasteiger partial charge in [0.25, 0.3) is 0 Å². The molecule has 4 rings (SSSR count). The van der Waals surface area contributed by atoms with Crippen LogP contribution in [0.5, 0.6) is 11.5 Å². The summed E-state index contributed by atoms with van der Waals surface area (Å²) in [6, 6.07) is 12.3. The number of rotatable bonds is 6. The van der Waals surface area contributed by atoms with Gasteiger partial charge in [0.15, 0.2) is 0 Å². The lowest BCUT2D eigenvalue weighted by atomic mass is 10.1. The summed E-state index contributed by atoms with van der Waals surface area (Å²) in [7, 11) is 1.66. The van der Waals surface area contributed by atoms with Crippen molar-refractivity contribution in [3.05, 3.63) is 70.5 Å². The number of fused-ring (bicyclic) bond motifs is 1. The highest BCUT2D eigenvalue weighted by atomic mass is 16.5. The summed E-state index contributed by atoms with van der Waals surface area (Å²) in [6.07, 6.45) is 7.07. The van der Waals surface area contributed by atoms with E-state index in [1.807, 2.05) is 31.2 Å². The van der Waals surface area contributed by atoms with Gasteiger partial charge in [-0.1, -0.05) is 6.07 Å². The largest absolute Gasteiger partial charge is 0.496 e. The van der Waals surface area contributed by atoms with Crippen molar-refractivity contribution in [1.29, 1.82) is 0 Å². The third-order valence-corrected chi connectivity index (χ3v) is 4.93. The molecule has 28 heavy (non-hydrogen) atoms. The first-order valence-corrected chi connectivity index (χ1v) is 9.40. The number of aryl methyl sites for hydroxylation is 3. The Morgan fingerprint density at radius 3 is 2.82 bits per heavy atom. The summed E-state index contributed by atoms with van der Waals surface area (Å²) in [5.74, 6) is 2.04. The zero-order valence-electron chi connectivity index (χ0n) is 16.2. The Morgan fingerprint density at radius 1 is 1.18 bits per heavy atom. The van der Waals surface area contributed by atoms with Crippen LogP contribution in [0.25, 0.3) is 0 Å². The zero-order chi connectivity index (χ0) is 19.5. The fourth-order valence-electron chi connectivity index (χ4n) is 3.52. The van der Waals surface area contributed by atoms with Crippen LogP contribution in [-0.2, 0) is 19.4 Å². The molecule has 1 aliphatic carbocycles. The van der Waals surface area contributed by atoms with Crippen molar-refractivity contribution in [3.8, 4) is 11.5 Å². The third kappa shape index (κ3) is 3.86. The van der Waals surface area contributed by atoms with Gasteiger partial charge in [-0.05, 0) is 73.2 Å². The number of hydrogen-bond acceptors (Lipinski definition) is 5. The molecule has 0 fully saturated rings. The van der Waals surface area contributed by atoms with E-state index in [9.17, 15) is 0 Å². The molecule has 0 saturated carbocycles. The van der Waals surface area contributed by atoms with Gasteiger partial charge < -0.3 is 15.2 Å². The molecule has 2 aromatic carbocycles. The lowest BCUT2D eigenvalue weighted by Gasteiger charge is -2.12. The van der Waals surface area contributed by atoms with Crippen molar-refractivity contribution in [3.63, 3.8) is 0 Å². The van der Waals surface area contributed by atoms with Gasteiger partial charge in [-0.2, -0.15) is 5.10 Å². The number of nitrogens with two attached hydrogens (primary N) is 1. The second kappa shape index (κ2) is 7.76. The number of aromatic nitrogens is 2. The number of anilines is 1. The number of methoxy groups -OCH3 is 1. The summed E-state index contributed by atoms with van der Waals surface area (Å²) in [5.41, 5.74) is 11.4. The van der Waals surface area contributed by atoms with E-state index >= 15 is 0 Å². The summed E-state index contributed by atoms with van der Waals surface area (Å²) in [4.78, 5) is 4.14. The average Bonchev–Trinajstić information content (AvgIpc) is 3.29. The summed E-state index contributed by atoms with van der Waals surface area (Å²) in [5, 5.41) is 4.37. The molecule has 0 atom stereocenters. The number of benzene rings is 2. The van der Waals surface area contributed by atoms with Crippen LogP contribution in [0.1, 0.15) is 34.4 Å². The first-order chi connectivity index (χ1) is 13.6. The first kappa shape index (κ1) is 18.1. The van der Waals surface area contributed by atoms with Crippen LogP contribution in [-0.4, -0.2) is 23.0 Å². The van der Waals surface area contributed by atoms with Crippen LogP contribution in [0, 0.1) is 6.92 Å². The van der Waals surface area contributed by atoms with Gasteiger partial charge in [-0.15, -0.1) is 0 Å². The SMILES string of the molecule is COc1ccc(C=Nn2cc(C)nc2N)cc1COc1ccc2c(c1)CCC2. The van der Waals surface area contributed by atoms with Crippen molar-refractivity contribution in [1.82, 2.24) is 9.66 Å². The Balaban J connectivity index is 1.51. The molecular weight excluding hydrogens is 352 g/mol. The molecular formula is C22H24N4O2. The standard InChI is InChI=1S/C22H24N4O2/c1-15-13-26(22(23)25-15)24-12-16-6-9-21(27-2)19(10-16)14-28-20-8-7-17-4-3-5-18(17)11-20/h6-13H,3-5,14H2,1-2H3,(H2,23,25). The van der Waals surface area contributed by atoms with Gasteiger partial charge in [-0.25, -0.2) is 9.66 Å². The minimum atomic E-state index is 0.363. The molecule has 1 aromatic heterocycles. The predicted molar refractivity (Wildman–Crippen MR) is 110 cm³/mol. The molecule has 3 aromatic rings. The Labute approximate surface area is 164 Å². The van der Waals surface area contributed by atoms with Crippen LogP contribution in [0.2, 0.25) is 0 Å². The molecule has 0 radical (unpaired) electrons. The van der Waals surface area contributed by atoms with Gasteiger partial charge in [0.2, 0.25) is 5.95 Å². The van der Waals surface area contributed by atoms with Crippen LogP contribution in [0.4, 0.5) is 5.95 Å². The Kier molecular flexibility index (Phi) is 5.02. The number of nitrogens with zero attached hydrogens (tertiary/aromatic N) is 3. The van der Waals surface area contributed by atoms with Gasteiger partial charge in [0.05, 0.1) is 25.2 Å². The minimum absolute atomic E-state index is 0.363. The Bertz CT molecular complexity index is 1020. The average molecular weight is 376 g/mol. The third-order valence-electron chi connectivity index (χ3n) is 4.93. The maximum absolute atomic E-state index is 6.04. The van der Waals surface area contributed by atoms with Gasteiger partial charge in [0, 0.05) is 5.56 Å². The normalized spacial score (nSPS) is 13.1. The van der Waals surface area contributed by atoms with E-state index in [1.54, 1.807) is 24.2 Å². The molecule has 0 aliphatic heterocycles. The van der Waals surface area contributed by atoms with Crippen molar-refractivity contribution in [2.45, 2.75) is 32.8 Å². The maximum atomic E-state index is 6.04.